The second-order valence-electron chi connectivity index (χ2n) is 5.07. The molecule has 0 unspecified atom stereocenters. The van der Waals surface area contributed by atoms with Crippen LogP contribution >= 0.6 is 22.9 Å². The second-order valence-corrected chi connectivity index (χ2v) is 6.36. The lowest BCUT2D eigenvalue weighted by Gasteiger charge is -2.04. The van der Waals surface area contributed by atoms with Gasteiger partial charge in [0, 0.05) is 22.0 Å². The van der Waals surface area contributed by atoms with E-state index in [1.807, 2.05) is 12.1 Å². The number of benzene rings is 1. The van der Waals surface area contributed by atoms with Crippen LogP contribution < -0.4 is 10.6 Å². The lowest BCUT2D eigenvalue weighted by atomic mass is 10.2. The molecule has 2 amide bonds. The molecule has 114 valence electrons. The number of nitrogens with one attached hydrogen (secondary N) is 2. The van der Waals surface area contributed by atoms with E-state index in [0.29, 0.717) is 16.8 Å². The van der Waals surface area contributed by atoms with E-state index in [0.717, 1.165) is 23.4 Å². The molecule has 1 heterocycles. The Morgan fingerprint density at radius 3 is 2.68 bits per heavy atom. The van der Waals surface area contributed by atoms with Gasteiger partial charge in [0.25, 0.3) is 5.91 Å². The van der Waals surface area contributed by atoms with Gasteiger partial charge in [-0.1, -0.05) is 23.7 Å². The number of hydrogen-bond donors (Lipinski definition) is 2. The third-order valence-electron chi connectivity index (χ3n) is 3.18. The summed E-state index contributed by atoms with van der Waals surface area (Å²) in [7, 11) is 0. The van der Waals surface area contributed by atoms with Crippen molar-refractivity contribution in [2.75, 3.05) is 6.54 Å². The predicted molar refractivity (Wildman–Crippen MR) is 86.1 cm³/mol. The van der Waals surface area contributed by atoms with Crippen molar-refractivity contribution >= 4 is 34.8 Å². The number of rotatable bonds is 5. The Morgan fingerprint density at radius 2 is 2.00 bits per heavy atom. The summed E-state index contributed by atoms with van der Waals surface area (Å²) in [5, 5.41) is 8.46. The van der Waals surface area contributed by atoms with Crippen molar-refractivity contribution in [2.45, 2.75) is 18.9 Å². The van der Waals surface area contributed by atoms with Crippen molar-refractivity contribution in [2.24, 2.45) is 0 Å². The van der Waals surface area contributed by atoms with Crippen LogP contribution in [0.1, 0.15) is 23.3 Å². The highest BCUT2D eigenvalue weighted by molar-refractivity contribution is 7.13. The van der Waals surface area contributed by atoms with Gasteiger partial charge in [-0.2, -0.15) is 0 Å². The van der Waals surface area contributed by atoms with E-state index in [1.165, 1.54) is 11.3 Å². The molecule has 0 aliphatic heterocycles. The third-order valence-corrected chi connectivity index (χ3v) is 4.32. The van der Waals surface area contributed by atoms with Crippen molar-refractivity contribution in [3.8, 4) is 10.6 Å². The molecule has 2 N–H and O–H groups in total. The first kappa shape index (κ1) is 15.0. The van der Waals surface area contributed by atoms with Crippen LogP contribution in [0.3, 0.4) is 0 Å². The van der Waals surface area contributed by atoms with Gasteiger partial charge in [-0.25, -0.2) is 4.98 Å². The Hall–Kier alpha value is -1.92. The molecule has 1 aliphatic rings. The number of carbonyl (C=O) groups excluding carboxylic acids is 2. The Labute approximate surface area is 136 Å². The molecule has 0 spiro atoms. The molecule has 1 aliphatic carbocycles. The highest BCUT2D eigenvalue weighted by Crippen LogP contribution is 2.25. The van der Waals surface area contributed by atoms with Crippen LogP contribution in [0.25, 0.3) is 10.6 Å². The summed E-state index contributed by atoms with van der Waals surface area (Å²) in [5.74, 6) is -0.508. The Bertz CT molecular complexity index is 695. The average Bonchev–Trinajstić information content (AvgIpc) is 3.18. The molecule has 0 atom stereocenters. The molecule has 1 saturated carbocycles. The highest BCUT2D eigenvalue weighted by atomic mass is 35.5. The van der Waals surface area contributed by atoms with Crippen molar-refractivity contribution in [1.82, 2.24) is 15.6 Å². The van der Waals surface area contributed by atoms with Crippen molar-refractivity contribution < 1.29 is 9.59 Å². The summed E-state index contributed by atoms with van der Waals surface area (Å²) >= 11 is 7.22. The minimum Gasteiger partial charge on any atom is -0.352 e. The number of nitrogens with zero attached hydrogens (tertiary/aromatic N) is 1. The van der Waals surface area contributed by atoms with Gasteiger partial charge < -0.3 is 10.6 Å². The van der Waals surface area contributed by atoms with Crippen molar-refractivity contribution in [3.63, 3.8) is 0 Å². The van der Waals surface area contributed by atoms with Crippen LogP contribution in [0.5, 0.6) is 0 Å². The zero-order valence-corrected chi connectivity index (χ0v) is 13.2. The van der Waals surface area contributed by atoms with Crippen LogP contribution in [0.2, 0.25) is 5.02 Å². The number of thiazole rings is 1. The van der Waals surface area contributed by atoms with Crippen LogP contribution in [-0.2, 0) is 4.79 Å². The monoisotopic (exact) mass is 335 g/mol. The largest absolute Gasteiger partial charge is 0.352 e. The van der Waals surface area contributed by atoms with Gasteiger partial charge in [0.1, 0.15) is 10.7 Å². The zero-order valence-electron chi connectivity index (χ0n) is 11.6. The fourth-order valence-electron chi connectivity index (χ4n) is 1.86. The zero-order chi connectivity index (χ0) is 15.5. The van der Waals surface area contributed by atoms with Gasteiger partial charge >= 0.3 is 0 Å². The molecule has 5 nitrogen and oxygen atoms in total. The van der Waals surface area contributed by atoms with E-state index < -0.39 is 0 Å². The van der Waals surface area contributed by atoms with E-state index in [4.69, 9.17) is 11.6 Å². The van der Waals surface area contributed by atoms with Gasteiger partial charge in [0.15, 0.2) is 0 Å². The summed E-state index contributed by atoms with van der Waals surface area (Å²) in [4.78, 5) is 27.8. The Kier molecular flexibility index (Phi) is 4.40. The topological polar surface area (TPSA) is 71.1 Å². The smallest absolute Gasteiger partial charge is 0.271 e. The third kappa shape index (κ3) is 3.84. The molecule has 3 rings (SSSR count). The number of carbonyl (C=O) groups is 2. The molecule has 1 fully saturated rings. The minimum atomic E-state index is -0.345. The first-order valence-corrected chi connectivity index (χ1v) is 8.16. The predicted octanol–water partition coefficient (Wildman–Crippen LogP) is 2.47. The molecule has 22 heavy (non-hydrogen) atoms. The number of amides is 2. The maximum absolute atomic E-state index is 12.0. The molecule has 0 bridgehead atoms. The summed E-state index contributed by atoms with van der Waals surface area (Å²) in [5.41, 5.74) is 1.22. The van der Waals surface area contributed by atoms with E-state index in [2.05, 4.69) is 15.6 Å². The lowest BCUT2D eigenvalue weighted by molar-refractivity contribution is -0.120. The molecular weight excluding hydrogens is 322 g/mol. The summed E-state index contributed by atoms with van der Waals surface area (Å²) in [6.07, 6.45) is 2.05. The van der Waals surface area contributed by atoms with Gasteiger partial charge in [-0.3, -0.25) is 9.59 Å². The fraction of sp³-hybridized carbons (Fsp3) is 0.267. The lowest BCUT2D eigenvalue weighted by Crippen LogP contribution is -2.37. The van der Waals surface area contributed by atoms with Gasteiger partial charge in [-0.15, -0.1) is 11.3 Å². The van der Waals surface area contributed by atoms with Crippen LogP contribution in [0.15, 0.2) is 29.6 Å². The maximum atomic E-state index is 12.0. The molecule has 0 radical (unpaired) electrons. The van der Waals surface area contributed by atoms with E-state index >= 15 is 0 Å². The van der Waals surface area contributed by atoms with Gasteiger partial charge in [0.2, 0.25) is 5.91 Å². The van der Waals surface area contributed by atoms with E-state index in [-0.39, 0.29) is 18.4 Å². The minimum absolute atomic E-state index is 0.0247. The summed E-state index contributed by atoms with van der Waals surface area (Å²) < 4.78 is 0. The van der Waals surface area contributed by atoms with Crippen LogP contribution in [0, 0.1) is 0 Å². The Morgan fingerprint density at radius 1 is 1.27 bits per heavy atom. The average molecular weight is 336 g/mol. The molecule has 0 saturated heterocycles. The standard InChI is InChI=1S/C15H14ClN3O2S/c16-10-3-1-9(2-4-10)15-19-12(8-22-15)14(21)17-7-13(20)18-11-5-6-11/h1-4,8,11H,5-7H2,(H,17,21)(H,18,20). The molecule has 7 heteroatoms. The van der Waals surface area contributed by atoms with Crippen LogP contribution in [0.4, 0.5) is 0 Å². The maximum Gasteiger partial charge on any atom is 0.271 e. The SMILES string of the molecule is O=C(CNC(=O)c1csc(-c2ccc(Cl)cc2)n1)NC1CC1. The summed E-state index contributed by atoms with van der Waals surface area (Å²) in [6.45, 7) is -0.0247. The Balaban J connectivity index is 1.58. The van der Waals surface area contributed by atoms with Crippen molar-refractivity contribution in [3.05, 3.63) is 40.4 Å². The quantitative estimate of drug-likeness (QED) is 0.881. The highest BCUT2D eigenvalue weighted by Gasteiger charge is 2.23. The van der Waals surface area contributed by atoms with Gasteiger partial charge in [-0.05, 0) is 25.0 Å². The fourth-order valence-corrected chi connectivity index (χ4v) is 2.79. The summed E-state index contributed by atoms with van der Waals surface area (Å²) in [6, 6.07) is 7.55. The number of hydrogen-bond acceptors (Lipinski definition) is 4. The molecule has 1 aromatic heterocycles. The van der Waals surface area contributed by atoms with Crippen LogP contribution in [-0.4, -0.2) is 29.4 Å². The van der Waals surface area contributed by atoms with Crippen molar-refractivity contribution in [1.29, 1.82) is 0 Å². The second kappa shape index (κ2) is 6.46. The molecule has 2 aromatic rings. The van der Waals surface area contributed by atoms with E-state index in [9.17, 15) is 9.59 Å². The van der Waals surface area contributed by atoms with Gasteiger partial charge in [0.05, 0.1) is 6.54 Å². The first-order valence-electron chi connectivity index (χ1n) is 6.91. The normalized spacial score (nSPS) is 13.7. The molecule has 1 aromatic carbocycles. The van der Waals surface area contributed by atoms with E-state index in [1.54, 1.807) is 17.5 Å². The number of halogens is 1. The first-order chi connectivity index (χ1) is 10.6. The molecular formula is C15H14ClN3O2S. The number of aromatic nitrogens is 1.